The molecule has 0 radical (unpaired) electrons. The van der Waals surface area contributed by atoms with E-state index >= 15 is 0 Å². The van der Waals surface area contributed by atoms with Gasteiger partial charge in [-0.05, 0) is 31.9 Å². The van der Waals surface area contributed by atoms with E-state index in [0.29, 0.717) is 12.1 Å². The summed E-state index contributed by atoms with van der Waals surface area (Å²) in [5.74, 6) is 0.462. The van der Waals surface area contributed by atoms with Gasteiger partial charge in [0.25, 0.3) is 0 Å². The normalized spacial score (nSPS) is 14.0. The fourth-order valence-electron chi connectivity index (χ4n) is 3.67. The summed E-state index contributed by atoms with van der Waals surface area (Å²) in [6.45, 7) is 4.16. The maximum atomic E-state index is 12.6. The maximum absolute atomic E-state index is 12.6. The molecule has 1 fully saturated rings. The molecular weight excluding hydrogens is 400 g/mol. The number of aryl methyl sites for hydroxylation is 1. The van der Waals surface area contributed by atoms with Crippen LogP contribution < -0.4 is 4.90 Å². The molecule has 4 aromatic heterocycles. The number of hydrogen-bond acceptors (Lipinski definition) is 7. The van der Waals surface area contributed by atoms with Gasteiger partial charge in [0.2, 0.25) is 0 Å². The molecule has 0 saturated carbocycles. The first-order valence-electron chi connectivity index (χ1n) is 10.0. The standard InChI is InChI=1S/C21H22N6O2S/c1-15-13-27-18(19(22-15)25-7-2-3-8-25)12-17(24-27)20(28)29-11-6-16-14-30-21(23-16)26-9-4-5-10-26/h4-5,9-10,12-14H,2-3,6-8,11H2,1H3. The summed E-state index contributed by atoms with van der Waals surface area (Å²) in [4.78, 5) is 24.1. The Bertz CT molecular complexity index is 1170. The van der Waals surface area contributed by atoms with E-state index in [1.807, 2.05) is 47.6 Å². The van der Waals surface area contributed by atoms with Crippen LogP contribution in [-0.2, 0) is 11.2 Å². The summed E-state index contributed by atoms with van der Waals surface area (Å²) in [7, 11) is 0. The van der Waals surface area contributed by atoms with E-state index in [4.69, 9.17) is 4.74 Å². The van der Waals surface area contributed by atoms with Gasteiger partial charge >= 0.3 is 5.97 Å². The van der Waals surface area contributed by atoms with Crippen LogP contribution >= 0.6 is 11.3 Å². The van der Waals surface area contributed by atoms with Gasteiger partial charge in [0.05, 0.1) is 24.2 Å². The molecule has 8 nitrogen and oxygen atoms in total. The van der Waals surface area contributed by atoms with Crippen molar-refractivity contribution in [2.45, 2.75) is 26.2 Å². The topological polar surface area (TPSA) is 77.6 Å². The van der Waals surface area contributed by atoms with Gasteiger partial charge in [-0.15, -0.1) is 11.3 Å². The van der Waals surface area contributed by atoms with Gasteiger partial charge in [-0.2, -0.15) is 5.10 Å². The molecule has 0 N–H and O–H groups in total. The number of thiazole rings is 1. The van der Waals surface area contributed by atoms with Crippen molar-refractivity contribution < 1.29 is 9.53 Å². The van der Waals surface area contributed by atoms with Crippen molar-refractivity contribution in [2.24, 2.45) is 0 Å². The molecule has 5 heterocycles. The van der Waals surface area contributed by atoms with Crippen molar-refractivity contribution in [1.29, 1.82) is 0 Å². The number of aromatic nitrogens is 5. The van der Waals surface area contributed by atoms with E-state index in [1.165, 1.54) is 0 Å². The molecule has 30 heavy (non-hydrogen) atoms. The van der Waals surface area contributed by atoms with Gasteiger partial charge in [0.15, 0.2) is 16.6 Å². The first-order valence-corrected chi connectivity index (χ1v) is 10.9. The lowest BCUT2D eigenvalue weighted by Gasteiger charge is -2.17. The summed E-state index contributed by atoms with van der Waals surface area (Å²) in [5.41, 5.74) is 2.91. The SMILES string of the molecule is Cc1cn2nc(C(=O)OCCc3csc(-n4cccc4)n3)cc2c(N2CCCC2)n1. The van der Waals surface area contributed by atoms with E-state index in [2.05, 4.69) is 20.0 Å². The molecule has 0 amide bonds. The second-order valence-electron chi connectivity index (χ2n) is 7.36. The fraction of sp³-hybridized carbons (Fsp3) is 0.333. The second-order valence-corrected chi connectivity index (χ2v) is 8.19. The van der Waals surface area contributed by atoms with E-state index in [-0.39, 0.29) is 6.61 Å². The third kappa shape index (κ3) is 3.68. The maximum Gasteiger partial charge on any atom is 0.358 e. The molecule has 0 aromatic carbocycles. The Balaban J connectivity index is 1.26. The molecule has 4 aromatic rings. The molecule has 9 heteroatoms. The lowest BCUT2D eigenvalue weighted by Crippen LogP contribution is -2.20. The second kappa shape index (κ2) is 7.91. The van der Waals surface area contributed by atoms with Crippen LogP contribution in [0.4, 0.5) is 5.82 Å². The van der Waals surface area contributed by atoms with Crippen LogP contribution in [0.5, 0.6) is 0 Å². The summed E-state index contributed by atoms with van der Waals surface area (Å²) in [6.07, 6.45) is 8.64. The predicted octanol–water partition coefficient (Wildman–Crippen LogP) is 3.28. The number of nitrogens with zero attached hydrogens (tertiary/aromatic N) is 6. The molecule has 1 aliphatic heterocycles. The van der Waals surface area contributed by atoms with Gasteiger partial charge in [-0.3, -0.25) is 0 Å². The summed E-state index contributed by atoms with van der Waals surface area (Å²) >= 11 is 1.56. The smallest absolute Gasteiger partial charge is 0.358 e. The highest BCUT2D eigenvalue weighted by Gasteiger charge is 2.21. The Morgan fingerprint density at radius 2 is 2.00 bits per heavy atom. The van der Waals surface area contributed by atoms with Gasteiger partial charge in [-0.1, -0.05) is 0 Å². The van der Waals surface area contributed by atoms with E-state index in [9.17, 15) is 4.79 Å². The van der Waals surface area contributed by atoms with Gasteiger partial charge in [-0.25, -0.2) is 19.3 Å². The number of carbonyl (C=O) groups is 1. The Morgan fingerprint density at radius 1 is 1.20 bits per heavy atom. The van der Waals surface area contributed by atoms with Crippen molar-refractivity contribution in [3.63, 3.8) is 0 Å². The molecule has 0 atom stereocenters. The molecule has 5 rings (SSSR count). The Morgan fingerprint density at radius 3 is 2.80 bits per heavy atom. The molecule has 0 bridgehead atoms. The number of hydrogen-bond donors (Lipinski definition) is 0. The first kappa shape index (κ1) is 18.8. The number of carbonyl (C=O) groups excluding carboxylic acids is 1. The van der Waals surface area contributed by atoms with Gasteiger partial charge in [0, 0.05) is 43.4 Å². The first-order chi connectivity index (χ1) is 14.7. The number of rotatable bonds is 6. The minimum absolute atomic E-state index is 0.262. The molecular formula is C21H22N6O2S. The van der Waals surface area contributed by atoms with Gasteiger partial charge in [0.1, 0.15) is 5.52 Å². The fourth-order valence-corrected chi connectivity index (χ4v) is 4.49. The molecule has 154 valence electrons. The third-order valence-electron chi connectivity index (χ3n) is 5.13. The van der Waals surface area contributed by atoms with Crippen LogP contribution in [0.3, 0.4) is 0 Å². The monoisotopic (exact) mass is 422 g/mol. The molecule has 0 unspecified atom stereocenters. The molecule has 0 spiro atoms. The zero-order chi connectivity index (χ0) is 20.5. The molecule has 0 aliphatic carbocycles. The largest absolute Gasteiger partial charge is 0.461 e. The third-order valence-corrected chi connectivity index (χ3v) is 6.03. The summed E-state index contributed by atoms with van der Waals surface area (Å²) < 4.78 is 9.16. The Kier molecular flexibility index (Phi) is 4.96. The Labute approximate surface area is 177 Å². The Hall–Kier alpha value is -3.20. The van der Waals surface area contributed by atoms with Crippen LogP contribution in [-0.4, -0.2) is 49.8 Å². The minimum atomic E-state index is -0.426. The highest BCUT2D eigenvalue weighted by atomic mass is 32.1. The molecule has 1 saturated heterocycles. The van der Waals surface area contributed by atoms with Gasteiger partial charge < -0.3 is 14.2 Å². The summed E-state index contributed by atoms with van der Waals surface area (Å²) in [5, 5.41) is 7.32. The molecule has 1 aliphatic rings. The zero-order valence-corrected chi connectivity index (χ0v) is 17.5. The predicted molar refractivity (Wildman–Crippen MR) is 115 cm³/mol. The van der Waals surface area contributed by atoms with E-state index in [0.717, 1.165) is 53.8 Å². The quantitative estimate of drug-likeness (QED) is 0.444. The minimum Gasteiger partial charge on any atom is -0.461 e. The average molecular weight is 423 g/mol. The lowest BCUT2D eigenvalue weighted by atomic mass is 10.3. The van der Waals surface area contributed by atoms with Crippen molar-refractivity contribution >= 4 is 28.6 Å². The van der Waals surface area contributed by atoms with E-state index < -0.39 is 5.97 Å². The average Bonchev–Trinajstić information content (AvgIpc) is 3.54. The number of anilines is 1. The lowest BCUT2D eigenvalue weighted by molar-refractivity contribution is 0.0501. The van der Waals surface area contributed by atoms with Crippen LogP contribution in [0, 0.1) is 6.92 Å². The van der Waals surface area contributed by atoms with Crippen molar-refractivity contribution in [3.8, 4) is 5.13 Å². The zero-order valence-electron chi connectivity index (χ0n) is 16.7. The highest BCUT2D eigenvalue weighted by Crippen LogP contribution is 2.25. The van der Waals surface area contributed by atoms with Crippen molar-refractivity contribution in [2.75, 3.05) is 24.6 Å². The van der Waals surface area contributed by atoms with Crippen LogP contribution in [0.25, 0.3) is 10.6 Å². The van der Waals surface area contributed by atoms with Crippen molar-refractivity contribution in [1.82, 2.24) is 24.1 Å². The van der Waals surface area contributed by atoms with Crippen LogP contribution in [0.15, 0.2) is 42.2 Å². The van der Waals surface area contributed by atoms with E-state index in [1.54, 1.807) is 21.9 Å². The number of esters is 1. The highest BCUT2D eigenvalue weighted by molar-refractivity contribution is 7.12. The van der Waals surface area contributed by atoms with Crippen LogP contribution in [0.2, 0.25) is 0 Å². The number of fused-ring (bicyclic) bond motifs is 1. The summed E-state index contributed by atoms with van der Waals surface area (Å²) in [6, 6.07) is 5.70. The van der Waals surface area contributed by atoms with Crippen molar-refractivity contribution in [3.05, 3.63) is 59.3 Å². The van der Waals surface area contributed by atoms with Crippen LogP contribution in [0.1, 0.15) is 34.7 Å². The number of ether oxygens (including phenoxy) is 1.